The van der Waals surface area contributed by atoms with Crippen molar-refractivity contribution in [3.8, 4) is 5.75 Å². The topological polar surface area (TPSA) is 35.2 Å². The molecule has 0 aliphatic rings. The maximum Gasteiger partial charge on any atom is 0.120 e. The van der Waals surface area contributed by atoms with Gasteiger partial charge in [0.15, 0.2) is 0 Å². The Morgan fingerprint density at radius 2 is 1.84 bits per heavy atom. The van der Waals surface area contributed by atoms with Crippen LogP contribution in [0.2, 0.25) is 0 Å². The minimum Gasteiger partial charge on any atom is -0.493 e. The number of nitrogens with two attached hydrogens (primary N) is 1. The largest absolute Gasteiger partial charge is 0.493 e. The van der Waals surface area contributed by atoms with Crippen molar-refractivity contribution < 1.29 is 4.74 Å². The number of hydrogen-bond donors (Lipinski definition) is 1. The molecule has 0 aromatic heterocycles. The van der Waals surface area contributed by atoms with Crippen LogP contribution in [0.4, 0.5) is 5.69 Å². The smallest absolute Gasteiger partial charge is 0.120 e. The highest BCUT2D eigenvalue weighted by molar-refractivity contribution is 9.10. The molecule has 0 radical (unpaired) electrons. The molecule has 2 rings (SSSR count). The van der Waals surface area contributed by atoms with E-state index in [-0.39, 0.29) is 0 Å². The molecule has 0 unspecified atom stereocenters. The molecular formula is C14H13Br2NOS. The van der Waals surface area contributed by atoms with Gasteiger partial charge in [-0.3, -0.25) is 0 Å². The predicted octanol–water partition coefficient (Wildman–Crippen LogP) is 4.96. The van der Waals surface area contributed by atoms with Crippen LogP contribution in [-0.2, 0) is 0 Å². The van der Waals surface area contributed by atoms with Crippen LogP contribution in [0.1, 0.15) is 0 Å². The highest BCUT2D eigenvalue weighted by Gasteiger charge is 2.01. The Kier molecular flexibility index (Phi) is 5.60. The lowest BCUT2D eigenvalue weighted by Crippen LogP contribution is -2.00. The van der Waals surface area contributed by atoms with Crippen LogP contribution in [0.5, 0.6) is 5.75 Å². The first-order valence-corrected chi connectivity index (χ1v) is 8.28. The Hall–Kier alpha value is -0.650. The summed E-state index contributed by atoms with van der Waals surface area (Å²) in [5.74, 6) is 1.73. The number of halogens is 2. The van der Waals surface area contributed by atoms with Crippen LogP contribution in [0, 0.1) is 0 Å². The fraction of sp³-hybridized carbons (Fsp3) is 0.143. The van der Waals surface area contributed by atoms with E-state index in [1.165, 1.54) is 0 Å². The lowest BCUT2D eigenvalue weighted by molar-refractivity contribution is 0.344. The number of ether oxygens (including phenoxy) is 1. The van der Waals surface area contributed by atoms with E-state index in [1.807, 2.05) is 42.5 Å². The van der Waals surface area contributed by atoms with Crippen molar-refractivity contribution in [3.05, 3.63) is 51.4 Å². The number of rotatable bonds is 5. The second-order valence-electron chi connectivity index (χ2n) is 3.84. The lowest BCUT2D eigenvalue weighted by atomic mass is 10.3. The average Bonchev–Trinajstić information content (AvgIpc) is 2.39. The molecular weight excluding hydrogens is 390 g/mol. The maximum atomic E-state index is 5.91. The molecule has 0 saturated carbocycles. The van der Waals surface area contributed by atoms with Crippen LogP contribution in [0.15, 0.2) is 56.3 Å². The van der Waals surface area contributed by atoms with E-state index >= 15 is 0 Å². The Morgan fingerprint density at radius 1 is 1.05 bits per heavy atom. The molecule has 0 fully saturated rings. The van der Waals surface area contributed by atoms with Gasteiger partial charge in [0.05, 0.1) is 6.61 Å². The van der Waals surface area contributed by atoms with Crippen LogP contribution in [0.3, 0.4) is 0 Å². The molecule has 0 aliphatic carbocycles. The summed E-state index contributed by atoms with van der Waals surface area (Å²) >= 11 is 8.56. The summed E-state index contributed by atoms with van der Waals surface area (Å²) < 4.78 is 7.74. The van der Waals surface area contributed by atoms with Crippen molar-refractivity contribution >= 4 is 49.3 Å². The third kappa shape index (κ3) is 4.75. The van der Waals surface area contributed by atoms with E-state index in [0.29, 0.717) is 6.61 Å². The van der Waals surface area contributed by atoms with Crippen LogP contribution in [-0.4, -0.2) is 12.4 Å². The zero-order valence-electron chi connectivity index (χ0n) is 10.1. The molecule has 2 aromatic rings. The number of benzene rings is 2. The van der Waals surface area contributed by atoms with Crippen LogP contribution < -0.4 is 10.5 Å². The van der Waals surface area contributed by atoms with Crippen molar-refractivity contribution in [2.24, 2.45) is 0 Å². The molecule has 0 bridgehead atoms. The molecule has 0 atom stereocenters. The molecule has 2 nitrogen and oxygen atoms in total. The zero-order chi connectivity index (χ0) is 13.7. The fourth-order valence-electron chi connectivity index (χ4n) is 1.50. The first-order valence-electron chi connectivity index (χ1n) is 5.71. The van der Waals surface area contributed by atoms with Crippen molar-refractivity contribution in [1.29, 1.82) is 0 Å². The van der Waals surface area contributed by atoms with E-state index < -0.39 is 0 Å². The number of hydrogen-bond acceptors (Lipinski definition) is 3. The normalized spacial score (nSPS) is 10.4. The number of thioether (sulfide) groups is 1. The van der Waals surface area contributed by atoms with Crippen molar-refractivity contribution in [2.75, 3.05) is 18.1 Å². The van der Waals surface area contributed by atoms with Gasteiger partial charge in [-0.05, 0) is 36.4 Å². The van der Waals surface area contributed by atoms with E-state index in [1.54, 1.807) is 11.8 Å². The Balaban J connectivity index is 1.82. The summed E-state index contributed by atoms with van der Waals surface area (Å²) in [6.07, 6.45) is 0. The van der Waals surface area contributed by atoms with Gasteiger partial charge in [-0.25, -0.2) is 0 Å². The monoisotopic (exact) mass is 401 g/mol. The van der Waals surface area contributed by atoms with E-state index in [4.69, 9.17) is 10.5 Å². The minimum atomic E-state index is 0.646. The molecule has 100 valence electrons. The van der Waals surface area contributed by atoms with Gasteiger partial charge in [0.1, 0.15) is 5.75 Å². The third-order valence-corrected chi connectivity index (χ3v) is 4.40. The van der Waals surface area contributed by atoms with Gasteiger partial charge in [0.25, 0.3) is 0 Å². The molecule has 19 heavy (non-hydrogen) atoms. The van der Waals surface area contributed by atoms with Gasteiger partial charge < -0.3 is 10.5 Å². The fourth-order valence-corrected chi connectivity index (χ4v) is 3.22. The van der Waals surface area contributed by atoms with Crippen molar-refractivity contribution in [3.63, 3.8) is 0 Å². The Bertz CT molecular complexity index is 563. The Labute approximate surface area is 134 Å². The zero-order valence-corrected chi connectivity index (χ0v) is 14.1. The second-order valence-corrected chi connectivity index (χ2v) is 6.80. The highest BCUT2D eigenvalue weighted by Crippen LogP contribution is 2.28. The summed E-state index contributed by atoms with van der Waals surface area (Å²) in [5, 5.41) is 0. The minimum absolute atomic E-state index is 0.646. The summed E-state index contributed by atoms with van der Waals surface area (Å²) in [5.41, 5.74) is 6.72. The van der Waals surface area contributed by atoms with Gasteiger partial charge in [0, 0.05) is 25.3 Å². The number of nitrogen functional groups attached to an aromatic ring is 1. The second kappa shape index (κ2) is 7.22. The van der Waals surface area contributed by atoms with Gasteiger partial charge >= 0.3 is 0 Å². The maximum absolute atomic E-state index is 5.91. The molecule has 0 amide bonds. The molecule has 5 heteroatoms. The Morgan fingerprint density at radius 3 is 2.63 bits per heavy atom. The van der Waals surface area contributed by atoms with Gasteiger partial charge in [-0.15, -0.1) is 11.8 Å². The summed E-state index contributed by atoms with van der Waals surface area (Å²) in [6.45, 7) is 0.646. The van der Waals surface area contributed by atoms with Gasteiger partial charge in [0.2, 0.25) is 0 Å². The summed E-state index contributed by atoms with van der Waals surface area (Å²) in [4.78, 5) is 1.08. The number of anilines is 1. The third-order valence-electron chi connectivity index (χ3n) is 2.38. The van der Waals surface area contributed by atoms with Crippen molar-refractivity contribution in [1.82, 2.24) is 0 Å². The lowest BCUT2D eigenvalue weighted by Gasteiger charge is -2.08. The molecule has 2 aromatic carbocycles. The van der Waals surface area contributed by atoms with Gasteiger partial charge in [-0.2, -0.15) is 0 Å². The molecule has 0 heterocycles. The quantitative estimate of drug-likeness (QED) is 0.435. The van der Waals surface area contributed by atoms with E-state index in [0.717, 1.165) is 31.0 Å². The molecule has 2 N–H and O–H groups in total. The molecule has 0 saturated heterocycles. The van der Waals surface area contributed by atoms with Crippen LogP contribution >= 0.6 is 43.6 Å². The standard InChI is InChI=1S/C14H13Br2NOS/c15-10-2-1-3-12(8-10)18-6-7-19-14-9-11(16)4-5-13(14)17/h1-5,8-9H,6-7,17H2. The molecule has 0 aliphatic heterocycles. The average molecular weight is 403 g/mol. The van der Waals surface area contributed by atoms with Crippen LogP contribution in [0.25, 0.3) is 0 Å². The SMILES string of the molecule is Nc1ccc(Br)cc1SCCOc1cccc(Br)c1. The summed E-state index contributed by atoms with van der Waals surface area (Å²) in [7, 11) is 0. The van der Waals surface area contributed by atoms with E-state index in [9.17, 15) is 0 Å². The van der Waals surface area contributed by atoms with Crippen molar-refractivity contribution in [2.45, 2.75) is 4.90 Å². The summed E-state index contributed by atoms with van der Waals surface area (Å²) in [6, 6.07) is 13.7. The van der Waals surface area contributed by atoms with Gasteiger partial charge in [-0.1, -0.05) is 37.9 Å². The highest BCUT2D eigenvalue weighted by atomic mass is 79.9. The van der Waals surface area contributed by atoms with E-state index in [2.05, 4.69) is 31.9 Å². The first-order chi connectivity index (χ1) is 9.15. The first kappa shape index (κ1) is 14.8. The predicted molar refractivity (Wildman–Crippen MR) is 88.9 cm³/mol. The molecule has 0 spiro atoms.